The van der Waals surface area contributed by atoms with Crippen LogP contribution in [0, 0.1) is 0 Å². The Morgan fingerprint density at radius 2 is 0.907 bits per heavy atom. The van der Waals surface area contributed by atoms with E-state index in [0.717, 1.165) is 11.3 Å². The van der Waals surface area contributed by atoms with Gasteiger partial charge in [0, 0.05) is 28.2 Å². The molecule has 0 amide bonds. The molecule has 0 N–H and O–H groups in total. The highest BCUT2D eigenvalue weighted by molar-refractivity contribution is 6.10. The molecule has 0 atom stereocenters. The van der Waals surface area contributed by atoms with Crippen molar-refractivity contribution >= 4 is 21.8 Å². The van der Waals surface area contributed by atoms with Gasteiger partial charge in [-0.05, 0) is 81.9 Å². The predicted molar refractivity (Wildman–Crippen MR) is 180 cm³/mol. The molecule has 2 aromatic heterocycles. The molecule has 0 radical (unpaired) electrons. The van der Waals surface area contributed by atoms with Crippen LogP contribution >= 0.6 is 0 Å². The second-order valence-corrected chi connectivity index (χ2v) is 10.9. The number of pyridine rings is 1. The third-order valence-corrected chi connectivity index (χ3v) is 8.28. The monoisotopic (exact) mass is 548 g/mol. The average Bonchev–Trinajstić information content (AvgIpc) is 3.43. The summed E-state index contributed by atoms with van der Waals surface area (Å²) in [7, 11) is 0. The minimum atomic E-state index is 0.988. The third kappa shape index (κ3) is 4.60. The lowest BCUT2D eigenvalue weighted by molar-refractivity contribution is 1.18. The van der Waals surface area contributed by atoms with Gasteiger partial charge in [-0.1, -0.05) is 115 Å². The Balaban J connectivity index is 1.09. The minimum absolute atomic E-state index is 0.988. The average molecular weight is 549 g/mol. The van der Waals surface area contributed by atoms with Gasteiger partial charge in [-0.3, -0.25) is 4.98 Å². The SMILES string of the molecule is c1ccc(-n2c3ccccc3c3cc(-c4ccc(-c5ccc(-c6cccc(-c7ccccn7)c6)cc5)cc4)ccc32)cc1. The Labute approximate surface area is 251 Å². The number of aromatic nitrogens is 2. The summed E-state index contributed by atoms with van der Waals surface area (Å²) in [5.41, 5.74) is 13.0. The molecule has 0 spiro atoms. The number of rotatable bonds is 5. The Morgan fingerprint density at radius 1 is 0.349 bits per heavy atom. The molecule has 2 nitrogen and oxygen atoms in total. The predicted octanol–water partition coefficient (Wildman–Crippen LogP) is 10.8. The van der Waals surface area contributed by atoms with Crippen molar-refractivity contribution in [3.8, 4) is 50.3 Å². The molecule has 2 heteroatoms. The second kappa shape index (κ2) is 10.6. The van der Waals surface area contributed by atoms with E-state index in [1.54, 1.807) is 0 Å². The van der Waals surface area contributed by atoms with Crippen LogP contribution in [0.25, 0.3) is 72.1 Å². The number of nitrogens with zero attached hydrogens (tertiary/aromatic N) is 2. The maximum atomic E-state index is 4.51. The number of hydrogen-bond donors (Lipinski definition) is 0. The smallest absolute Gasteiger partial charge is 0.0702 e. The van der Waals surface area contributed by atoms with E-state index in [4.69, 9.17) is 0 Å². The van der Waals surface area contributed by atoms with Gasteiger partial charge >= 0.3 is 0 Å². The molecule has 8 rings (SSSR count). The van der Waals surface area contributed by atoms with Crippen LogP contribution in [0.3, 0.4) is 0 Å². The first-order chi connectivity index (χ1) is 21.3. The van der Waals surface area contributed by atoms with Crippen molar-refractivity contribution in [1.82, 2.24) is 9.55 Å². The number of fused-ring (bicyclic) bond motifs is 3. The normalized spacial score (nSPS) is 11.3. The van der Waals surface area contributed by atoms with Gasteiger partial charge in [-0.25, -0.2) is 0 Å². The van der Waals surface area contributed by atoms with Crippen LogP contribution in [0.15, 0.2) is 170 Å². The lowest BCUT2D eigenvalue weighted by Crippen LogP contribution is -1.92. The van der Waals surface area contributed by atoms with Gasteiger partial charge in [0.1, 0.15) is 0 Å². The molecular formula is C41H28N2. The zero-order chi connectivity index (χ0) is 28.6. The van der Waals surface area contributed by atoms with E-state index >= 15 is 0 Å². The zero-order valence-electron chi connectivity index (χ0n) is 23.6. The quantitative estimate of drug-likeness (QED) is 0.209. The summed E-state index contributed by atoms with van der Waals surface area (Å²) in [6, 6.07) is 58.5. The van der Waals surface area contributed by atoms with E-state index in [1.807, 2.05) is 24.4 Å². The zero-order valence-corrected chi connectivity index (χ0v) is 23.6. The van der Waals surface area contributed by atoms with Crippen LogP contribution in [0.2, 0.25) is 0 Å². The molecule has 2 heterocycles. The number of para-hydroxylation sites is 2. The summed E-state index contributed by atoms with van der Waals surface area (Å²) in [5, 5.41) is 2.54. The maximum Gasteiger partial charge on any atom is 0.0702 e. The summed E-state index contributed by atoms with van der Waals surface area (Å²) in [5.74, 6) is 0. The van der Waals surface area contributed by atoms with E-state index in [1.165, 1.54) is 60.9 Å². The molecule has 8 aromatic rings. The summed E-state index contributed by atoms with van der Waals surface area (Å²) in [6.07, 6.45) is 1.84. The second-order valence-electron chi connectivity index (χ2n) is 10.9. The van der Waals surface area contributed by atoms with Gasteiger partial charge in [0.2, 0.25) is 0 Å². The van der Waals surface area contributed by atoms with E-state index in [-0.39, 0.29) is 0 Å². The first kappa shape index (κ1) is 25.0. The van der Waals surface area contributed by atoms with Crippen LogP contribution in [0.5, 0.6) is 0 Å². The molecule has 0 aliphatic heterocycles. The van der Waals surface area contributed by atoms with E-state index < -0.39 is 0 Å². The largest absolute Gasteiger partial charge is 0.309 e. The fourth-order valence-corrected chi connectivity index (χ4v) is 6.11. The van der Waals surface area contributed by atoms with Crippen molar-refractivity contribution in [2.75, 3.05) is 0 Å². The van der Waals surface area contributed by atoms with Gasteiger partial charge in [0.15, 0.2) is 0 Å². The molecule has 202 valence electrons. The fourth-order valence-electron chi connectivity index (χ4n) is 6.11. The minimum Gasteiger partial charge on any atom is -0.309 e. The lowest BCUT2D eigenvalue weighted by Gasteiger charge is -2.09. The van der Waals surface area contributed by atoms with Crippen molar-refractivity contribution in [2.24, 2.45) is 0 Å². The third-order valence-electron chi connectivity index (χ3n) is 8.28. The molecule has 0 unspecified atom stereocenters. The van der Waals surface area contributed by atoms with E-state index in [0.29, 0.717) is 0 Å². The first-order valence-electron chi connectivity index (χ1n) is 14.6. The molecule has 0 fully saturated rings. The standard InChI is InChI=1S/C41H28N2/c1-2-11-36(12-3-1)43-40-15-5-4-13-37(40)38-28-34(24-25-41(38)43)32-22-18-30(19-23-32)29-16-20-31(21-17-29)33-9-8-10-35(27-33)39-14-6-7-26-42-39/h1-28H. The molecule has 6 aromatic carbocycles. The van der Waals surface area contributed by atoms with Crippen LogP contribution in [-0.2, 0) is 0 Å². The molecule has 0 aliphatic rings. The fraction of sp³-hybridized carbons (Fsp3) is 0. The van der Waals surface area contributed by atoms with Crippen molar-refractivity contribution in [3.63, 3.8) is 0 Å². The van der Waals surface area contributed by atoms with Crippen LogP contribution in [0.4, 0.5) is 0 Å². The number of hydrogen-bond acceptors (Lipinski definition) is 1. The van der Waals surface area contributed by atoms with Gasteiger partial charge in [0.25, 0.3) is 0 Å². The first-order valence-corrected chi connectivity index (χ1v) is 14.6. The number of benzene rings is 6. The molecule has 0 saturated carbocycles. The van der Waals surface area contributed by atoms with Crippen LogP contribution < -0.4 is 0 Å². The summed E-state index contributed by atoms with van der Waals surface area (Å²) >= 11 is 0. The van der Waals surface area contributed by atoms with Crippen molar-refractivity contribution in [3.05, 3.63) is 170 Å². The summed E-state index contributed by atoms with van der Waals surface area (Å²) in [4.78, 5) is 4.51. The van der Waals surface area contributed by atoms with Crippen molar-refractivity contribution < 1.29 is 0 Å². The molecular weight excluding hydrogens is 520 g/mol. The Hall–Kier alpha value is -5.73. The molecule has 0 aliphatic carbocycles. The van der Waals surface area contributed by atoms with Crippen molar-refractivity contribution in [1.29, 1.82) is 0 Å². The molecule has 43 heavy (non-hydrogen) atoms. The van der Waals surface area contributed by atoms with Gasteiger partial charge in [0.05, 0.1) is 16.7 Å². The van der Waals surface area contributed by atoms with Gasteiger partial charge < -0.3 is 4.57 Å². The topological polar surface area (TPSA) is 17.8 Å². The maximum absolute atomic E-state index is 4.51. The van der Waals surface area contributed by atoms with Crippen LogP contribution in [-0.4, -0.2) is 9.55 Å². The highest BCUT2D eigenvalue weighted by Gasteiger charge is 2.13. The van der Waals surface area contributed by atoms with Crippen molar-refractivity contribution in [2.45, 2.75) is 0 Å². The van der Waals surface area contributed by atoms with E-state index in [9.17, 15) is 0 Å². The highest BCUT2D eigenvalue weighted by atomic mass is 15.0. The Morgan fingerprint density at radius 3 is 1.60 bits per heavy atom. The molecule has 0 saturated heterocycles. The lowest BCUT2D eigenvalue weighted by atomic mass is 9.96. The summed E-state index contributed by atoms with van der Waals surface area (Å²) in [6.45, 7) is 0. The Kier molecular flexibility index (Phi) is 6.16. The van der Waals surface area contributed by atoms with E-state index in [2.05, 4.69) is 155 Å². The highest BCUT2D eigenvalue weighted by Crippen LogP contribution is 2.35. The Bertz CT molecular complexity index is 2190. The summed E-state index contributed by atoms with van der Waals surface area (Å²) < 4.78 is 2.36. The molecule has 0 bridgehead atoms. The van der Waals surface area contributed by atoms with Crippen LogP contribution in [0.1, 0.15) is 0 Å². The van der Waals surface area contributed by atoms with Gasteiger partial charge in [-0.2, -0.15) is 0 Å². The van der Waals surface area contributed by atoms with Gasteiger partial charge in [-0.15, -0.1) is 0 Å².